The van der Waals surface area contributed by atoms with Gasteiger partial charge in [0.05, 0.1) is 10.6 Å². The lowest BCUT2D eigenvalue weighted by Gasteiger charge is -2.12. The van der Waals surface area contributed by atoms with Gasteiger partial charge in [0.2, 0.25) is 21.8 Å². The van der Waals surface area contributed by atoms with Gasteiger partial charge in [-0.3, -0.25) is 9.59 Å². The number of carbonyl (C=O) groups is 2. The summed E-state index contributed by atoms with van der Waals surface area (Å²) < 4.78 is 25.2. The number of sulfonamides is 1. The summed E-state index contributed by atoms with van der Waals surface area (Å²) in [5.41, 5.74) is 1.23. The number of carbonyl (C=O) groups excluding carboxylic acids is 2. The normalized spacial score (nSPS) is 11.3. The molecule has 0 unspecified atom stereocenters. The quantitative estimate of drug-likeness (QED) is 0.688. The zero-order chi connectivity index (χ0) is 20.0. The fourth-order valence-electron chi connectivity index (χ4n) is 2.10. The van der Waals surface area contributed by atoms with Crippen molar-refractivity contribution in [1.29, 1.82) is 0 Å². The first-order valence-electron chi connectivity index (χ1n) is 8.01. The second-order valence-corrected chi connectivity index (χ2v) is 9.05. The van der Waals surface area contributed by atoms with Crippen LogP contribution < -0.4 is 10.6 Å². The molecule has 27 heavy (non-hydrogen) atoms. The summed E-state index contributed by atoms with van der Waals surface area (Å²) >= 11 is 1.36. The van der Waals surface area contributed by atoms with Crippen molar-refractivity contribution in [2.75, 3.05) is 30.5 Å². The number of benzene rings is 2. The highest BCUT2D eigenvalue weighted by Gasteiger charge is 2.16. The molecule has 0 saturated heterocycles. The van der Waals surface area contributed by atoms with E-state index in [4.69, 9.17) is 0 Å². The number of thioether (sulfide) groups is 1. The fourth-order valence-corrected chi connectivity index (χ4v) is 3.70. The van der Waals surface area contributed by atoms with Crippen LogP contribution in [0.15, 0.2) is 58.3 Å². The lowest BCUT2D eigenvalue weighted by Crippen LogP contribution is -2.22. The molecule has 2 N–H and O–H groups in total. The van der Waals surface area contributed by atoms with Gasteiger partial charge in [0.25, 0.3) is 0 Å². The molecular formula is C18H21N3O4S2. The Kier molecular flexibility index (Phi) is 7.00. The summed E-state index contributed by atoms with van der Waals surface area (Å²) in [7, 11) is -0.563. The van der Waals surface area contributed by atoms with Crippen LogP contribution in [0.4, 0.5) is 11.4 Å². The van der Waals surface area contributed by atoms with Gasteiger partial charge in [-0.15, -0.1) is 11.8 Å². The second kappa shape index (κ2) is 9.03. The van der Waals surface area contributed by atoms with Crippen molar-refractivity contribution in [3.8, 4) is 0 Å². The monoisotopic (exact) mass is 407 g/mol. The van der Waals surface area contributed by atoms with Gasteiger partial charge in [0.15, 0.2) is 0 Å². The summed E-state index contributed by atoms with van der Waals surface area (Å²) in [6.45, 7) is 1.44. The molecule has 0 bridgehead atoms. The van der Waals surface area contributed by atoms with Crippen molar-refractivity contribution in [2.45, 2.75) is 16.7 Å². The molecule has 0 heterocycles. The molecule has 0 fully saturated rings. The maximum Gasteiger partial charge on any atom is 0.242 e. The van der Waals surface area contributed by atoms with E-state index in [2.05, 4.69) is 10.6 Å². The minimum Gasteiger partial charge on any atom is -0.326 e. The molecule has 0 aliphatic rings. The van der Waals surface area contributed by atoms with Gasteiger partial charge in [0, 0.05) is 37.3 Å². The number of nitrogens with zero attached hydrogens (tertiary/aromatic N) is 1. The Morgan fingerprint density at radius 2 is 1.44 bits per heavy atom. The van der Waals surface area contributed by atoms with Crippen LogP contribution in [-0.2, 0) is 19.6 Å². The van der Waals surface area contributed by atoms with Crippen LogP contribution in [0.5, 0.6) is 0 Å². The Morgan fingerprint density at radius 1 is 0.926 bits per heavy atom. The molecule has 0 spiro atoms. The van der Waals surface area contributed by atoms with Gasteiger partial charge in [0.1, 0.15) is 0 Å². The summed E-state index contributed by atoms with van der Waals surface area (Å²) in [6.07, 6.45) is 0. The molecule has 2 amide bonds. The number of amides is 2. The van der Waals surface area contributed by atoms with E-state index >= 15 is 0 Å². The number of anilines is 2. The molecule has 0 radical (unpaired) electrons. The summed E-state index contributed by atoms with van der Waals surface area (Å²) in [5.74, 6) is -0.134. The highest BCUT2D eigenvalue weighted by Crippen LogP contribution is 2.21. The maximum atomic E-state index is 12.1. The number of rotatable bonds is 7. The summed E-state index contributed by atoms with van der Waals surface area (Å²) in [6, 6.07) is 13.2. The molecular weight excluding hydrogens is 386 g/mol. The van der Waals surface area contributed by atoms with Crippen LogP contribution in [0.2, 0.25) is 0 Å². The molecule has 0 aliphatic heterocycles. The highest BCUT2D eigenvalue weighted by molar-refractivity contribution is 8.00. The smallest absolute Gasteiger partial charge is 0.242 e. The number of nitrogens with one attached hydrogen (secondary N) is 2. The first-order valence-corrected chi connectivity index (χ1v) is 10.4. The minimum atomic E-state index is -3.49. The average molecular weight is 408 g/mol. The SMILES string of the molecule is CC(=O)Nc1ccc(SCC(=O)Nc2ccc(S(=O)(=O)N(C)C)cc2)cc1. The Balaban J connectivity index is 1.89. The van der Waals surface area contributed by atoms with Crippen LogP contribution in [0.3, 0.4) is 0 Å². The highest BCUT2D eigenvalue weighted by atomic mass is 32.2. The molecule has 144 valence electrons. The summed E-state index contributed by atoms with van der Waals surface area (Å²) in [5, 5.41) is 5.41. The molecule has 2 rings (SSSR count). The molecule has 0 aromatic heterocycles. The Labute approximate surface area is 163 Å². The Hall–Kier alpha value is -2.36. The van der Waals surface area contributed by atoms with E-state index in [0.29, 0.717) is 11.4 Å². The number of hydrogen-bond acceptors (Lipinski definition) is 5. The third-order valence-corrected chi connectivity index (χ3v) is 6.30. The van der Waals surface area contributed by atoms with E-state index in [-0.39, 0.29) is 22.5 Å². The zero-order valence-corrected chi connectivity index (χ0v) is 16.9. The van der Waals surface area contributed by atoms with Gasteiger partial charge in [-0.25, -0.2) is 12.7 Å². The predicted molar refractivity (Wildman–Crippen MR) is 107 cm³/mol. The molecule has 9 heteroatoms. The lowest BCUT2D eigenvalue weighted by atomic mass is 10.3. The van der Waals surface area contributed by atoms with Crippen molar-refractivity contribution in [3.63, 3.8) is 0 Å². The second-order valence-electron chi connectivity index (χ2n) is 5.85. The van der Waals surface area contributed by atoms with Crippen molar-refractivity contribution in [3.05, 3.63) is 48.5 Å². The minimum absolute atomic E-state index is 0.140. The van der Waals surface area contributed by atoms with Gasteiger partial charge < -0.3 is 10.6 Å². The van der Waals surface area contributed by atoms with Gasteiger partial charge in [-0.1, -0.05) is 0 Å². The van der Waals surface area contributed by atoms with E-state index in [9.17, 15) is 18.0 Å². The van der Waals surface area contributed by atoms with Gasteiger partial charge in [-0.05, 0) is 48.5 Å². The van der Waals surface area contributed by atoms with E-state index in [1.807, 2.05) is 12.1 Å². The van der Waals surface area contributed by atoms with Crippen LogP contribution in [-0.4, -0.2) is 44.4 Å². The Morgan fingerprint density at radius 3 is 1.96 bits per heavy atom. The van der Waals surface area contributed by atoms with Gasteiger partial charge in [-0.2, -0.15) is 0 Å². The average Bonchev–Trinajstić information content (AvgIpc) is 2.61. The third-order valence-electron chi connectivity index (χ3n) is 3.46. The number of hydrogen-bond donors (Lipinski definition) is 2. The Bertz CT molecular complexity index is 909. The third kappa shape index (κ3) is 6.09. The van der Waals surface area contributed by atoms with Crippen LogP contribution in [0.25, 0.3) is 0 Å². The fraction of sp³-hybridized carbons (Fsp3) is 0.222. The van der Waals surface area contributed by atoms with E-state index < -0.39 is 10.0 Å². The van der Waals surface area contributed by atoms with Crippen LogP contribution >= 0.6 is 11.8 Å². The predicted octanol–water partition coefficient (Wildman–Crippen LogP) is 2.63. The van der Waals surface area contributed by atoms with Crippen molar-refractivity contribution < 1.29 is 18.0 Å². The van der Waals surface area contributed by atoms with E-state index in [1.165, 1.54) is 44.9 Å². The van der Waals surface area contributed by atoms with Crippen molar-refractivity contribution in [1.82, 2.24) is 4.31 Å². The first-order chi connectivity index (χ1) is 12.7. The largest absolute Gasteiger partial charge is 0.326 e. The molecule has 0 saturated carbocycles. The standard InChI is InChI=1S/C18H21N3O4S2/c1-13(22)19-14-4-8-16(9-5-14)26-12-18(23)20-15-6-10-17(11-7-15)27(24,25)21(2)3/h4-11H,12H2,1-3H3,(H,19,22)(H,20,23). The molecule has 7 nitrogen and oxygen atoms in total. The van der Waals surface area contributed by atoms with Crippen LogP contribution in [0, 0.1) is 0 Å². The zero-order valence-electron chi connectivity index (χ0n) is 15.2. The lowest BCUT2D eigenvalue weighted by molar-refractivity contribution is -0.114. The first kappa shape index (κ1) is 20.9. The topological polar surface area (TPSA) is 95.6 Å². The summed E-state index contributed by atoms with van der Waals surface area (Å²) in [4.78, 5) is 24.1. The van der Waals surface area contributed by atoms with Crippen molar-refractivity contribution >= 4 is 45.0 Å². The maximum absolute atomic E-state index is 12.1. The van der Waals surface area contributed by atoms with Crippen LogP contribution in [0.1, 0.15) is 6.92 Å². The molecule has 2 aromatic rings. The molecule has 0 aliphatic carbocycles. The van der Waals surface area contributed by atoms with E-state index in [1.54, 1.807) is 24.3 Å². The molecule has 0 atom stereocenters. The van der Waals surface area contributed by atoms with Crippen molar-refractivity contribution in [2.24, 2.45) is 0 Å². The van der Waals surface area contributed by atoms with Gasteiger partial charge >= 0.3 is 0 Å². The van der Waals surface area contributed by atoms with E-state index in [0.717, 1.165) is 9.20 Å². The molecule has 2 aromatic carbocycles.